The minimum atomic E-state index is 0.0537. The highest BCUT2D eigenvalue weighted by Gasteiger charge is 2.27. The molecule has 0 heterocycles. The number of amides is 1. The minimum absolute atomic E-state index is 0.0537. The summed E-state index contributed by atoms with van der Waals surface area (Å²) in [5.74, 6) is 1.71. The van der Waals surface area contributed by atoms with Crippen LogP contribution in [0, 0.1) is 5.92 Å². The van der Waals surface area contributed by atoms with Crippen molar-refractivity contribution in [1.82, 2.24) is 4.90 Å². The molecule has 22 heavy (non-hydrogen) atoms. The third kappa shape index (κ3) is 3.91. The summed E-state index contributed by atoms with van der Waals surface area (Å²) in [5.41, 5.74) is 6.96. The molecule has 2 rings (SSSR count). The molecule has 0 spiro atoms. The second-order valence-electron chi connectivity index (χ2n) is 6.00. The van der Waals surface area contributed by atoms with Crippen LogP contribution in [0.5, 0.6) is 11.5 Å². The van der Waals surface area contributed by atoms with E-state index in [9.17, 15) is 4.79 Å². The SMILES string of the molecule is COc1ccc(CN(C)C(=O)C2CCCC(N)C2)c(OC)c1. The van der Waals surface area contributed by atoms with Gasteiger partial charge in [-0.3, -0.25) is 4.79 Å². The number of benzene rings is 1. The largest absolute Gasteiger partial charge is 0.497 e. The molecule has 122 valence electrons. The van der Waals surface area contributed by atoms with E-state index < -0.39 is 0 Å². The second-order valence-corrected chi connectivity index (χ2v) is 6.00. The molecule has 0 saturated heterocycles. The van der Waals surface area contributed by atoms with Gasteiger partial charge in [0.15, 0.2) is 0 Å². The van der Waals surface area contributed by atoms with Crippen LogP contribution < -0.4 is 15.2 Å². The lowest BCUT2D eigenvalue weighted by Gasteiger charge is -2.29. The van der Waals surface area contributed by atoms with Crippen LogP contribution in [-0.2, 0) is 11.3 Å². The molecule has 1 aliphatic rings. The Kier molecular flexibility index (Phi) is 5.66. The molecule has 0 bridgehead atoms. The summed E-state index contributed by atoms with van der Waals surface area (Å²) in [6, 6.07) is 5.82. The van der Waals surface area contributed by atoms with Gasteiger partial charge in [0, 0.05) is 37.2 Å². The molecule has 1 aromatic rings. The van der Waals surface area contributed by atoms with E-state index in [1.807, 2.05) is 25.2 Å². The van der Waals surface area contributed by atoms with Gasteiger partial charge in [-0.05, 0) is 31.4 Å². The third-order valence-corrected chi connectivity index (χ3v) is 4.34. The van der Waals surface area contributed by atoms with Crippen molar-refractivity contribution in [3.05, 3.63) is 23.8 Å². The van der Waals surface area contributed by atoms with Gasteiger partial charge in [-0.25, -0.2) is 0 Å². The van der Waals surface area contributed by atoms with Gasteiger partial charge in [0.2, 0.25) is 5.91 Å². The molecule has 2 unspecified atom stereocenters. The van der Waals surface area contributed by atoms with E-state index in [1.54, 1.807) is 19.1 Å². The first-order valence-corrected chi connectivity index (χ1v) is 7.76. The number of hydrogen-bond acceptors (Lipinski definition) is 4. The van der Waals surface area contributed by atoms with Crippen molar-refractivity contribution in [2.24, 2.45) is 11.7 Å². The Morgan fingerprint density at radius 2 is 2.09 bits per heavy atom. The number of nitrogens with two attached hydrogens (primary N) is 1. The standard InChI is InChI=1S/C17H26N2O3/c1-19(17(20)12-5-4-6-14(18)9-12)11-13-7-8-15(21-2)10-16(13)22-3/h7-8,10,12,14H,4-6,9,11,18H2,1-3H3. The smallest absolute Gasteiger partial charge is 0.225 e. The van der Waals surface area contributed by atoms with E-state index in [1.165, 1.54) is 0 Å². The molecule has 0 aliphatic heterocycles. The number of carbonyl (C=O) groups is 1. The van der Waals surface area contributed by atoms with Crippen molar-refractivity contribution in [3.63, 3.8) is 0 Å². The lowest BCUT2D eigenvalue weighted by atomic mass is 9.85. The van der Waals surface area contributed by atoms with E-state index in [4.69, 9.17) is 15.2 Å². The van der Waals surface area contributed by atoms with Crippen LogP contribution in [0.3, 0.4) is 0 Å². The number of nitrogens with zero attached hydrogens (tertiary/aromatic N) is 1. The van der Waals surface area contributed by atoms with Gasteiger partial charge >= 0.3 is 0 Å². The molecule has 2 atom stereocenters. The average molecular weight is 306 g/mol. The molecule has 1 aromatic carbocycles. The Morgan fingerprint density at radius 1 is 1.32 bits per heavy atom. The van der Waals surface area contributed by atoms with E-state index >= 15 is 0 Å². The zero-order valence-electron chi connectivity index (χ0n) is 13.7. The van der Waals surface area contributed by atoms with Crippen LogP contribution in [0.4, 0.5) is 0 Å². The molecule has 5 nitrogen and oxygen atoms in total. The van der Waals surface area contributed by atoms with Gasteiger partial charge in [0.1, 0.15) is 11.5 Å². The summed E-state index contributed by atoms with van der Waals surface area (Å²) >= 11 is 0. The van der Waals surface area contributed by atoms with Gasteiger partial charge in [0.05, 0.1) is 14.2 Å². The summed E-state index contributed by atoms with van der Waals surface area (Å²) in [5, 5.41) is 0. The highest BCUT2D eigenvalue weighted by Crippen LogP contribution is 2.28. The number of carbonyl (C=O) groups excluding carboxylic acids is 1. The highest BCUT2D eigenvalue weighted by atomic mass is 16.5. The zero-order valence-corrected chi connectivity index (χ0v) is 13.7. The Morgan fingerprint density at radius 3 is 2.73 bits per heavy atom. The number of ether oxygens (including phenoxy) is 2. The first kappa shape index (κ1) is 16.6. The summed E-state index contributed by atoms with van der Waals surface area (Å²) < 4.78 is 10.6. The Bertz CT molecular complexity index is 519. The Balaban J connectivity index is 2.04. The van der Waals surface area contributed by atoms with E-state index in [2.05, 4.69) is 0 Å². The molecule has 5 heteroatoms. The van der Waals surface area contributed by atoms with Gasteiger partial charge in [0.25, 0.3) is 0 Å². The predicted octanol–water partition coefficient (Wildman–Crippen LogP) is 2.18. The van der Waals surface area contributed by atoms with Crippen molar-refractivity contribution < 1.29 is 14.3 Å². The van der Waals surface area contributed by atoms with Crippen molar-refractivity contribution in [1.29, 1.82) is 0 Å². The van der Waals surface area contributed by atoms with Crippen LogP contribution in [0.15, 0.2) is 18.2 Å². The van der Waals surface area contributed by atoms with Crippen LogP contribution in [0.1, 0.15) is 31.2 Å². The summed E-state index contributed by atoms with van der Waals surface area (Å²) in [7, 11) is 5.09. The first-order valence-electron chi connectivity index (χ1n) is 7.76. The second kappa shape index (κ2) is 7.49. The summed E-state index contributed by atoms with van der Waals surface area (Å²) in [4.78, 5) is 14.3. The lowest BCUT2D eigenvalue weighted by molar-refractivity contribution is -0.135. The van der Waals surface area contributed by atoms with Gasteiger partial charge in [-0.2, -0.15) is 0 Å². The highest BCUT2D eigenvalue weighted by molar-refractivity contribution is 5.78. The maximum absolute atomic E-state index is 12.6. The summed E-state index contributed by atoms with van der Waals surface area (Å²) in [6.45, 7) is 0.526. The van der Waals surface area contributed by atoms with Crippen molar-refractivity contribution in [2.75, 3.05) is 21.3 Å². The molecule has 1 fully saturated rings. The van der Waals surface area contributed by atoms with Crippen LogP contribution in [0.25, 0.3) is 0 Å². The lowest BCUT2D eigenvalue weighted by Crippen LogP contribution is -2.38. The van der Waals surface area contributed by atoms with Gasteiger partial charge < -0.3 is 20.1 Å². The molecule has 2 N–H and O–H groups in total. The van der Waals surface area contributed by atoms with Gasteiger partial charge in [-0.15, -0.1) is 0 Å². The molecular weight excluding hydrogens is 280 g/mol. The average Bonchev–Trinajstić information content (AvgIpc) is 2.54. The third-order valence-electron chi connectivity index (χ3n) is 4.34. The maximum atomic E-state index is 12.6. The van der Waals surface area contributed by atoms with Crippen LogP contribution in [-0.4, -0.2) is 38.1 Å². The molecule has 1 amide bonds. The van der Waals surface area contributed by atoms with Crippen molar-refractivity contribution in [2.45, 2.75) is 38.3 Å². The molecule has 0 radical (unpaired) electrons. The van der Waals surface area contributed by atoms with E-state index in [-0.39, 0.29) is 17.9 Å². The Labute approximate surface area is 132 Å². The minimum Gasteiger partial charge on any atom is -0.497 e. The zero-order chi connectivity index (χ0) is 16.1. The normalized spacial score (nSPS) is 21.3. The van der Waals surface area contributed by atoms with E-state index in [0.29, 0.717) is 6.54 Å². The topological polar surface area (TPSA) is 64.8 Å². The van der Waals surface area contributed by atoms with Crippen LogP contribution in [0.2, 0.25) is 0 Å². The number of hydrogen-bond donors (Lipinski definition) is 1. The molecule has 1 aliphatic carbocycles. The maximum Gasteiger partial charge on any atom is 0.225 e. The molecule has 1 saturated carbocycles. The van der Waals surface area contributed by atoms with Crippen LogP contribution >= 0.6 is 0 Å². The Hall–Kier alpha value is -1.75. The van der Waals surface area contributed by atoms with Crippen molar-refractivity contribution >= 4 is 5.91 Å². The fraction of sp³-hybridized carbons (Fsp3) is 0.588. The van der Waals surface area contributed by atoms with E-state index in [0.717, 1.165) is 42.7 Å². The first-order chi connectivity index (χ1) is 10.5. The van der Waals surface area contributed by atoms with Gasteiger partial charge in [-0.1, -0.05) is 6.42 Å². The molecule has 0 aromatic heterocycles. The monoisotopic (exact) mass is 306 g/mol. The van der Waals surface area contributed by atoms with Crippen molar-refractivity contribution in [3.8, 4) is 11.5 Å². The quantitative estimate of drug-likeness (QED) is 0.905. The number of methoxy groups -OCH3 is 2. The fourth-order valence-electron chi connectivity index (χ4n) is 3.08. The molecular formula is C17H26N2O3. The fourth-order valence-corrected chi connectivity index (χ4v) is 3.08. The number of rotatable bonds is 5. The predicted molar refractivity (Wildman–Crippen MR) is 86.0 cm³/mol. The summed E-state index contributed by atoms with van der Waals surface area (Å²) in [6.07, 6.45) is 3.80.